The summed E-state index contributed by atoms with van der Waals surface area (Å²) in [7, 11) is 5.39. The number of fused-ring (bicyclic) bond motifs is 5. The van der Waals surface area contributed by atoms with E-state index in [4.69, 9.17) is 10.5 Å². The molecule has 1 aliphatic heterocycles. The maximum Gasteiger partial charge on any atom is 0.328 e. The van der Waals surface area contributed by atoms with Gasteiger partial charge in [0.1, 0.15) is 6.04 Å². The average molecular weight is 631 g/mol. The van der Waals surface area contributed by atoms with Gasteiger partial charge < -0.3 is 30.7 Å². The molecule has 0 radical (unpaired) electrons. The van der Waals surface area contributed by atoms with Gasteiger partial charge in [-0.3, -0.25) is 9.59 Å². The van der Waals surface area contributed by atoms with Crippen LogP contribution in [0.15, 0.2) is 0 Å². The summed E-state index contributed by atoms with van der Waals surface area (Å²) in [6.45, 7) is 6.30. The van der Waals surface area contributed by atoms with Crippen LogP contribution in [0.25, 0.3) is 0 Å². The smallest absolute Gasteiger partial charge is 0.328 e. The summed E-state index contributed by atoms with van der Waals surface area (Å²) in [5, 5.41) is 13.5. The first-order valence-corrected chi connectivity index (χ1v) is 18.1. The van der Waals surface area contributed by atoms with Gasteiger partial charge in [-0.25, -0.2) is 4.79 Å². The number of esters is 1. The largest absolute Gasteiger partial charge is 0.467 e. The topological polar surface area (TPSA) is 125 Å². The minimum absolute atomic E-state index is 0.0143. The van der Waals surface area contributed by atoms with Crippen molar-refractivity contribution in [2.75, 3.05) is 34.3 Å². The molecular formula is C36H62N4O5. The molecule has 4 aliphatic carbocycles. The van der Waals surface area contributed by atoms with Crippen molar-refractivity contribution >= 4 is 17.8 Å². The van der Waals surface area contributed by atoms with Crippen molar-refractivity contribution in [1.29, 1.82) is 0 Å². The van der Waals surface area contributed by atoms with Crippen LogP contribution in [0.2, 0.25) is 0 Å². The number of amides is 2. The summed E-state index contributed by atoms with van der Waals surface area (Å²) >= 11 is 0. The first kappa shape index (κ1) is 34.6. The van der Waals surface area contributed by atoms with E-state index in [1.807, 2.05) is 14.1 Å². The molecule has 11 atom stereocenters. The second kappa shape index (κ2) is 14.2. The second-order valence-electron chi connectivity index (χ2n) is 16.4. The highest BCUT2D eigenvalue weighted by atomic mass is 16.5. The van der Waals surface area contributed by atoms with Gasteiger partial charge >= 0.3 is 5.97 Å². The van der Waals surface area contributed by atoms with Crippen LogP contribution in [0.3, 0.4) is 0 Å². The molecule has 1 heterocycles. The van der Waals surface area contributed by atoms with Gasteiger partial charge in [0.05, 0.1) is 19.3 Å². The molecule has 0 spiro atoms. The molecule has 6 unspecified atom stereocenters. The number of hydrogen-bond acceptors (Lipinski definition) is 7. The highest BCUT2D eigenvalue weighted by molar-refractivity contribution is 5.88. The minimum Gasteiger partial charge on any atom is -0.467 e. The van der Waals surface area contributed by atoms with E-state index in [9.17, 15) is 19.5 Å². The van der Waals surface area contributed by atoms with E-state index >= 15 is 0 Å². The van der Waals surface area contributed by atoms with Crippen molar-refractivity contribution in [3.05, 3.63) is 0 Å². The zero-order chi connectivity index (χ0) is 32.5. The molecule has 0 aromatic rings. The maximum absolute atomic E-state index is 13.3. The predicted molar refractivity (Wildman–Crippen MR) is 175 cm³/mol. The van der Waals surface area contributed by atoms with E-state index in [1.54, 1.807) is 0 Å². The number of likely N-dealkylation sites (tertiary alicyclic amines) is 1. The number of aliphatic hydroxyl groups excluding tert-OH is 1. The van der Waals surface area contributed by atoms with Crippen molar-refractivity contribution in [3.8, 4) is 0 Å². The Hall–Kier alpha value is -1.71. The van der Waals surface area contributed by atoms with E-state index in [0.717, 1.165) is 56.4 Å². The summed E-state index contributed by atoms with van der Waals surface area (Å²) in [5.41, 5.74) is 6.96. The molecule has 256 valence electrons. The number of nitrogens with one attached hydrogen (secondary N) is 1. The van der Waals surface area contributed by atoms with Crippen LogP contribution in [0.1, 0.15) is 110 Å². The van der Waals surface area contributed by atoms with Crippen LogP contribution in [0, 0.1) is 40.4 Å². The van der Waals surface area contributed by atoms with Gasteiger partial charge in [0.2, 0.25) is 11.8 Å². The standard InChI is InChI=1S/C36H62N4O5/c1-35-18-16-29-27(12-9-24-20-26(41)15-17-36(24,29)2)28(35)13-10-23(35)11-14-32(42)38-25-21-31(34(44)45-5)40(22-25)33(43)30(37)8-6-7-19-39(3)4/h23-31,41H,6-22,37H2,1-5H3,(H,38,42)/t23?,24?,25-,26+,27?,28?,29?,30?,31-,35+,36-/m0/s1. The van der Waals surface area contributed by atoms with Crippen molar-refractivity contribution in [1.82, 2.24) is 15.1 Å². The number of ether oxygens (including phenoxy) is 1. The van der Waals surface area contributed by atoms with Gasteiger partial charge in [-0.1, -0.05) is 20.3 Å². The van der Waals surface area contributed by atoms with Crippen molar-refractivity contribution in [2.24, 2.45) is 46.2 Å². The molecule has 45 heavy (non-hydrogen) atoms. The third-order valence-electron chi connectivity index (χ3n) is 13.7. The number of aliphatic hydroxyl groups is 1. The van der Waals surface area contributed by atoms with Crippen LogP contribution < -0.4 is 11.1 Å². The van der Waals surface area contributed by atoms with Crippen LogP contribution in [-0.4, -0.2) is 91.2 Å². The van der Waals surface area contributed by atoms with E-state index in [1.165, 1.54) is 57.0 Å². The highest BCUT2D eigenvalue weighted by Gasteiger charge is 2.60. The average Bonchev–Trinajstić information content (AvgIpc) is 3.58. The van der Waals surface area contributed by atoms with Crippen molar-refractivity contribution < 1.29 is 24.2 Å². The Bertz CT molecular complexity index is 1070. The molecule has 9 heteroatoms. The number of carbonyl (C=O) groups excluding carboxylic acids is 3. The fourth-order valence-electron chi connectivity index (χ4n) is 11.1. The van der Waals surface area contributed by atoms with Crippen LogP contribution in [-0.2, 0) is 19.1 Å². The van der Waals surface area contributed by atoms with E-state index in [-0.39, 0.29) is 24.0 Å². The van der Waals surface area contributed by atoms with Gasteiger partial charge in [0, 0.05) is 25.4 Å². The predicted octanol–water partition coefficient (Wildman–Crippen LogP) is 4.10. The molecule has 5 fully saturated rings. The molecule has 0 aromatic carbocycles. The van der Waals surface area contributed by atoms with Crippen LogP contribution >= 0.6 is 0 Å². The Balaban J connectivity index is 1.13. The lowest BCUT2D eigenvalue weighted by molar-refractivity contribution is -0.151. The number of carbonyl (C=O) groups is 3. The zero-order valence-electron chi connectivity index (χ0n) is 28.8. The van der Waals surface area contributed by atoms with Gasteiger partial charge in [-0.05, 0) is 138 Å². The molecule has 5 aliphatic rings. The van der Waals surface area contributed by atoms with E-state index < -0.39 is 18.1 Å². The van der Waals surface area contributed by atoms with Gasteiger partial charge in [-0.2, -0.15) is 0 Å². The SMILES string of the molecule is COC(=O)[C@@H]1C[C@H](NC(=O)CCC2CCC3C4CCC5C[C@H](O)CC[C@]5(C)C4CC[C@]23C)CN1C(=O)C(N)CCCCN(C)C. The molecular weight excluding hydrogens is 568 g/mol. The monoisotopic (exact) mass is 630 g/mol. The van der Waals surface area contributed by atoms with Crippen LogP contribution in [0.4, 0.5) is 0 Å². The molecule has 2 amide bonds. The van der Waals surface area contributed by atoms with E-state index in [0.29, 0.717) is 48.5 Å². The zero-order valence-corrected chi connectivity index (χ0v) is 28.8. The Morgan fingerprint density at radius 1 is 1.00 bits per heavy atom. The fraction of sp³-hybridized carbons (Fsp3) is 0.917. The second-order valence-corrected chi connectivity index (χ2v) is 16.4. The van der Waals surface area contributed by atoms with Crippen LogP contribution in [0.5, 0.6) is 0 Å². The first-order chi connectivity index (χ1) is 21.4. The van der Waals surface area contributed by atoms with Gasteiger partial charge in [-0.15, -0.1) is 0 Å². The Kier molecular flexibility index (Phi) is 10.9. The summed E-state index contributed by atoms with van der Waals surface area (Å²) in [4.78, 5) is 42.8. The van der Waals surface area contributed by atoms with Crippen molar-refractivity contribution in [3.63, 3.8) is 0 Å². The normalized spacial score (nSPS) is 40.0. The molecule has 5 rings (SSSR count). The number of rotatable bonds is 11. The molecule has 0 bridgehead atoms. The summed E-state index contributed by atoms with van der Waals surface area (Å²) in [6.07, 6.45) is 14.8. The molecule has 1 saturated heterocycles. The van der Waals surface area contributed by atoms with Gasteiger partial charge in [0.15, 0.2) is 0 Å². The summed E-state index contributed by atoms with van der Waals surface area (Å²) in [5.74, 6) is 2.88. The Labute approximate surface area is 271 Å². The Morgan fingerprint density at radius 2 is 1.73 bits per heavy atom. The number of methoxy groups -OCH3 is 1. The maximum atomic E-state index is 13.3. The molecule has 4 N–H and O–H groups in total. The third-order valence-corrected chi connectivity index (χ3v) is 13.7. The fourth-order valence-corrected chi connectivity index (χ4v) is 11.1. The lowest BCUT2D eigenvalue weighted by atomic mass is 9.44. The Morgan fingerprint density at radius 3 is 2.47 bits per heavy atom. The molecule has 0 aromatic heterocycles. The molecule has 4 saturated carbocycles. The minimum atomic E-state index is -0.713. The number of nitrogens with two attached hydrogens (primary N) is 1. The van der Waals surface area contributed by atoms with Crippen molar-refractivity contribution in [2.45, 2.75) is 134 Å². The summed E-state index contributed by atoms with van der Waals surface area (Å²) in [6, 6.07) is -1.66. The quantitative estimate of drug-likeness (QED) is 0.232. The first-order valence-electron chi connectivity index (χ1n) is 18.1. The third kappa shape index (κ3) is 7.11. The number of nitrogens with zero attached hydrogens (tertiary/aromatic N) is 2. The lowest BCUT2D eigenvalue weighted by Gasteiger charge is -2.61. The number of hydrogen-bond donors (Lipinski definition) is 3. The van der Waals surface area contributed by atoms with E-state index in [2.05, 4.69) is 24.1 Å². The molecule has 9 nitrogen and oxygen atoms in total. The number of unbranched alkanes of at least 4 members (excludes halogenated alkanes) is 1. The summed E-state index contributed by atoms with van der Waals surface area (Å²) < 4.78 is 5.02. The lowest BCUT2D eigenvalue weighted by Crippen LogP contribution is -2.53. The highest BCUT2D eigenvalue weighted by Crippen LogP contribution is 2.67. The van der Waals surface area contributed by atoms with Gasteiger partial charge in [0.25, 0.3) is 0 Å².